The highest BCUT2D eigenvalue weighted by Gasteiger charge is 2.37. The molecule has 3 rings (SSSR count). The topological polar surface area (TPSA) is 75.8 Å². The standard InChI is InChI=1S/C15H15N3O2S/c1-2-3-8-18-10-7-5-4-6-9(10)11(14(18)20)12-13(19)17-15(16)21-12/h4-7H,2-3,8H2,1H3,(H2,16,17,19)/b12-11-. The van der Waals surface area contributed by atoms with Gasteiger partial charge < -0.3 is 10.6 Å². The molecule has 0 radical (unpaired) electrons. The summed E-state index contributed by atoms with van der Waals surface area (Å²) in [6.07, 6.45) is 1.92. The van der Waals surface area contributed by atoms with Crippen LogP contribution in [0.25, 0.3) is 5.57 Å². The molecule has 6 heteroatoms. The van der Waals surface area contributed by atoms with Crippen LogP contribution in [-0.4, -0.2) is 23.5 Å². The molecule has 0 aliphatic carbocycles. The molecule has 108 valence electrons. The first-order valence-electron chi connectivity index (χ1n) is 6.85. The minimum absolute atomic E-state index is 0.134. The van der Waals surface area contributed by atoms with Crippen molar-refractivity contribution in [3.63, 3.8) is 0 Å². The van der Waals surface area contributed by atoms with Crippen molar-refractivity contribution in [1.29, 1.82) is 0 Å². The SMILES string of the molecule is CCCCN1C(=O)/C(=C2\SC(N)=NC2=O)c2ccccc21. The molecule has 2 heterocycles. The fourth-order valence-corrected chi connectivity index (χ4v) is 3.29. The van der Waals surface area contributed by atoms with E-state index in [1.807, 2.05) is 24.3 Å². The number of fused-ring (bicyclic) bond motifs is 1. The maximum absolute atomic E-state index is 12.7. The van der Waals surface area contributed by atoms with E-state index in [1.54, 1.807) is 4.90 Å². The van der Waals surface area contributed by atoms with Crippen molar-refractivity contribution in [1.82, 2.24) is 0 Å². The van der Waals surface area contributed by atoms with Gasteiger partial charge in [0.15, 0.2) is 5.17 Å². The summed E-state index contributed by atoms with van der Waals surface area (Å²) >= 11 is 1.07. The van der Waals surface area contributed by atoms with Gasteiger partial charge >= 0.3 is 0 Å². The summed E-state index contributed by atoms with van der Waals surface area (Å²) in [7, 11) is 0. The van der Waals surface area contributed by atoms with Gasteiger partial charge in [-0.05, 0) is 24.2 Å². The van der Waals surface area contributed by atoms with Crippen LogP contribution in [0.5, 0.6) is 0 Å². The zero-order chi connectivity index (χ0) is 15.0. The summed E-state index contributed by atoms with van der Waals surface area (Å²) in [6, 6.07) is 7.53. The second-order valence-corrected chi connectivity index (χ2v) is 5.92. The number of rotatable bonds is 3. The molecule has 0 saturated heterocycles. The molecular weight excluding hydrogens is 286 g/mol. The summed E-state index contributed by atoms with van der Waals surface area (Å²) in [5.41, 5.74) is 7.68. The summed E-state index contributed by atoms with van der Waals surface area (Å²) in [5, 5.41) is 0.194. The van der Waals surface area contributed by atoms with Crippen LogP contribution in [0.2, 0.25) is 0 Å². The lowest BCUT2D eigenvalue weighted by Gasteiger charge is -2.16. The van der Waals surface area contributed by atoms with Gasteiger partial charge in [0.25, 0.3) is 11.8 Å². The summed E-state index contributed by atoms with van der Waals surface area (Å²) in [4.78, 5) is 30.4. The molecule has 1 aromatic carbocycles. The number of hydrogen-bond donors (Lipinski definition) is 1. The van der Waals surface area contributed by atoms with Crippen LogP contribution in [0, 0.1) is 0 Å². The van der Waals surface area contributed by atoms with Crippen LogP contribution < -0.4 is 10.6 Å². The number of aliphatic imine (C=N–C) groups is 1. The second-order valence-electron chi connectivity index (χ2n) is 4.89. The average molecular weight is 301 g/mol. The van der Waals surface area contributed by atoms with Crippen molar-refractivity contribution in [2.75, 3.05) is 11.4 Å². The summed E-state index contributed by atoms with van der Waals surface area (Å²) in [5.74, 6) is -0.557. The molecule has 21 heavy (non-hydrogen) atoms. The van der Waals surface area contributed by atoms with Crippen molar-refractivity contribution in [3.8, 4) is 0 Å². The molecule has 5 nitrogen and oxygen atoms in total. The highest BCUT2D eigenvalue weighted by atomic mass is 32.2. The number of para-hydroxylation sites is 1. The zero-order valence-corrected chi connectivity index (χ0v) is 12.4. The third kappa shape index (κ3) is 2.25. The molecule has 1 aromatic rings. The number of benzene rings is 1. The van der Waals surface area contributed by atoms with E-state index in [0.717, 1.165) is 35.9 Å². The molecule has 2 amide bonds. The molecule has 0 atom stereocenters. The number of nitrogens with zero attached hydrogens (tertiary/aromatic N) is 2. The fraction of sp³-hybridized carbons (Fsp3) is 0.267. The number of anilines is 1. The first-order valence-corrected chi connectivity index (χ1v) is 7.67. The fourth-order valence-electron chi connectivity index (χ4n) is 2.52. The maximum atomic E-state index is 12.7. The number of thioether (sulfide) groups is 1. The van der Waals surface area contributed by atoms with Gasteiger partial charge in [-0.25, -0.2) is 0 Å². The Morgan fingerprint density at radius 2 is 2.05 bits per heavy atom. The molecule has 0 fully saturated rings. The van der Waals surface area contributed by atoms with Gasteiger partial charge in [-0.2, -0.15) is 4.99 Å². The number of carbonyl (C=O) groups excluding carboxylic acids is 2. The smallest absolute Gasteiger partial charge is 0.287 e. The molecule has 2 aliphatic heterocycles. The van der Waals surface area contributed by atoms with Crippen LogP contribution in [0.1, 0.15) is 25.3 Å². The second kappa shape index (κ2) is 5.37. The highest BCUT2D eigenvalue weighted by molar-refractivity contribution is 8.18. The molecule has 0 saturated carbocycles. The van der Waals surface area contributed by atoms with E-state index < -0.39 is 5.91 Å². The van der Waals surface area contributed by atoms with E-state index in [2.05, 4.69) is 11.9 Å². The average Bonchev–Trinajstić information content (AvgIpc) is 2.93. The summed E-state index contributed by atoms with van der Waals surface area (Å²) in [6.45, 7) is 2.73. The third-order valence-corrected chi connectivity index (χ3v) is 4.38. The van der Waals surface area contributed by atoms with Crippen molar-refractivity contribution in [3.05, 3.63) is 34.7 Å². The molecule has 2 aliphatic rings. The van der Waals surface area contributed by atoms with Crippen molar-refractivity contribution >= 4 is 40.0 Å². The Hall–Kier alpha value is -2.08. The number of hydrogen-bond acceptors (Lipinski definition) is 4. The quantitative estimate of drug-likeness (QED) is 0.868. The van der Waals surface area contributed by atoms with Crippen LogP contribution in [0.4, 0.5) is 5.69 Å². The van der Waals surface area contributed by atoms with E-state index in [4.69, 9.17) is 5.73 Å². The van der Waals surface area contributed by atoms with Gasteiger partial charge in [-0.3, -0.25) is 9.59 Å². The van der Waals surface area contributed by atoms with E-state index in [0.29, 0.717) is 17.0 Å². The number of unbranched alkanes of at least 4 members (excludes halogenated alkanes) is 1. The molecule has 2 N–H and O–H groups in total. The van der Waals surface area contributed by atoms with Gasteiger partial charge in [-0.1, -0.05) is 31.5 Å². The van der Waals surface area contributed by atoms with Crippen molar-refractivity contribution in [2.45, 2.75) is 19.8 Å². The Kier molecular flexibility index (Phi) is 3.55. The normalized spacial score (nSPS) is 21.0. The number of carbonyl (C=O) groups is 2. The predicted molar refractivity (Wildman–Crippen MR) is 84.8 cm³/mol. The first kappa shape index (κ1) is 13.9. The molecule has 0 unspecified atom stereocenters. The predicted octanol–water partition coefficient (Wildman–Crippen LogP) is 2.13. The zero-order valence-electron chi connectivity index (χ0n) is 11.6. The largest absolute Gasteiger partial charge is 0.378 e. The number of amidine groups is 1. The Morgan fingerprint density at radius 3 is 2.71 bits per heavy atom. The lowest BCUT2D eigenvalue weighted by molar-refractivity contribution is -0.115. The number of nitrogens with two attached hydrogens (primary N) is 1. The Morgan fingerprint density at radius 1 is 1.29 bits per heavy atom. The van der Waals surface area contributed by atoms with Crippen LogP contribution >= 0.6 is 11.8 Å². The molecule has 0 aromatic heterocycles. The Balaban J connectivity index is 2.10. The molecular formula is C15H15N3O2S. The first-order chi connectivity index (χ1) is 10.1. The van der Waals surface area contributed by atoms with Gasteiger partial charge in [0.05, 0.1) is 16.2 Å². The van der Waals surface area contributed by atoms with E-state index >= 15 is 0 Å². The van der Waals surface area contributed by atoms with Gasteiger partial charge in [0.2, 0.25) is 0 Å². The van der Waals surface area contributed by atoms with Crippen molar-refractivity contribution in [2.24, 2.45) is 10.7 Å². The van der Waals surface area contributed by atoms with Gasteiger partial charge in [-0.15, -0.1) is 0 Å². The van der Waals surface area contributed by atoms with Crippen molar-refractivity contribution < 1.29 is 9.59 Å². The molecule has 0 bridgehead atoms. The lowest BCUT2D eigenvalue weighted by atomic mass is 10.1. The minimum Gasteiger partial charge on any atom is -0.378 e. The van der Waals surface area contributed by atoms with Crippen LogP contribution in [-0.2, 0) is 9.59 Å². The Labute approximate surface area is 126 Å². The van der Waals surface area contributed by atoms with Gasteiger partial charge in [0.1, 0.15) is 0 Å². The number of amides is 2. The van der Waals surface area contributed by atoms with Crippen LogP contribution in [0.15, 0.2) is 34.2 Å². The monoisotopic (exact) mass is 301 g/mol. The van der Waals surface area contributed by atoms with E-state index in [-0.39, 0.29) is 11.1 Å². The van der Waals surface area contributed by atoms with E-state index in [1.165, 1.54) is 0 Å². The lowest BCUT2D eigenvalue weighted by Crippen LogP contribution is -2.27. The minimum atomic E-state index is -0.423. The van der Waals surface area contributed by atoms with Crippen LogP contribution in [0.3, 0.4) is 0 Å². The molecule has 0 spiro atoms. The highest BCUT2D eigenvalue weighted by Crippen LogP contribution is 2.42. The third-order valence-electron chi connectivity index (χ3n) is 3.50. The Bertz CT molecular complexity index is 694. The summed E-state index contributed by atoms with van der Waals surface area (Å²) < 4.78 is 0. The van der Waals surface area contributed by atoms with Gasteiger partial charge in [0, 0.05) is 12.1 Å². The van der Waals surface area contributed by atoms with E-state index in [9.17, 15) is 9.59 Å². The maximum Gasteiger partial charge on any atom is 0.287 e.